The second-order valence-electron chi connectivity index (χ2n) is 4.45. The van der Waals surface area contributed by atoms with Crippen molar-refractivity contribution in [2.24, 2.45) is 0 Å². The highest BCUT2D eigenvalue weighted by Crippen LogP contribution is 2.24. The van der Waals surface area contributed by atoms with Gasteiger partial charge in [-0.05, 0) is 35.9 Å². The number of hydrogen-bond acceptors (Lipinski definition) is 5. The number of carbonyl (C=O) groups is 1. The molecule has 2 rings (SSSR count). The smallest absolute Gasteiger partial charge is 0.182 e. The van der Waals surface area contributed by atoms with Crippen molar-refractivity contribution in [2.45, 2.75) is 10.6 Å². The molecule has 0 aliphatic carbocycles. The van der Waals surface area contributed by atoms with Gasteiger partial charge in [-0.15, -0.1) is 0 Å². The minimum atomic E-state index is -3.60. The van der Waals surface area contributed by atoms with Gasteiger partial charge in [-0.3, -0.25) is 4.79 Å². The van der Waals surface area contributed by atoms with E-state index in [0.29, 0.717) is 17.6 Å². The third-order valence-electron chi connectivity index (χ3n) is 3.00. The average Bonchev–Trinajstić information content (AvgIpc) is 2.47. The summed E-state index contributed by atoms with van der Waals surface area (Å²) < 4.78 is 29.6. The molecule has 0 aliphatic heterocycles. The SMILES string of the molecule is COc1ccc(CS(=O)(=O)c2ccc(C=O)c(O)c2)cc1. The number of methoxy groups -OCH3 is 1. The van der Waals surface area contributed by atoms with Crippen LogP contribution in [0, 0.1) is 0 Å². The van der Waals surface area contributed by atoms with Gasteiger partial charge >= 0.3 is 0 Å². The number of aldehydes is 1. The predicted molar refractivity (Wildman–Crippen MR) is 77.4 cm³/mol. The zero-order valence-electron chi connectivity index (χ0n) is 11.3. The maximum atomic E-state index is 12.3. The van der Waals surface area contributed by atoms with Gasteiger partial charge in [0.1, 0.15) is 11.5 Å². The van der Waals surface area contributed by atoms with Crippen LogP contribution in [0.15, 0.2) is 47.4 Å². The molecule has 2 aromatic carbocycles. The summed E-state index contributed by atoms with van der Waals surface area (Å²) in [6, 6.07) is 10.4. The monoisotopic (exact) mass is 306 g/mol. The van der Waals surface area contributed by atoms with Crippen LogP contribution in [0.25, 0.3) is 0 Å². The number of carbonyl (C=O) groups excluding carboxylic acids is 1. The summed E-state index contributed by atoms with van der Waals surface area (Å²) in [4.78, 5) is 10.6. The van der Waals surface area contributed by atoms with E-state index in [0.717, 1.165) is 6.07 Å². The second-order valence-corrected chi connectivity index (χ2v) is 6.44. The van der Waals surface area contributed by atoms with Crippen LogP contribution >= 0.6 is 0 Å². The third kappa shape index (κ3) is 3.41. The van der Waals surface area contributed by atoms with Gasteiger partial charge in [0.15, 0.2) is 16.1 Å². The molecule has 0 bridgehead atoms. The first-order chi connectivity index (χ1) is 9.96. The fourth-order valence-electron chi connectivity index (χ4n) is 1.84. The van der Waals surface area contributed by atoms with Crippen LogP contribution in [0.4, 0.5) is 0 Å². The van der Waals surface area contributed by atoms with E-state index in [1.54, 1.807) is 24.3 Å². The van der Waals surface area contributed by atoms with Crippen molar-refractivity contribution < 1.29 is 23.1 Å². The molecule has 21 heavy (non-hydrogen) atoms. The van der Waals surface area contributed by atoms with E-state index in [9.17, 15) is 18.3 Å². The standard InChI is InChI=1S/C15H14O5S/c1-20-13-5-2-11(3-6-13)10-21(18,19)14-7-4-12(9-16)15(17)8-14/h2-9,17H,10H2,1H3. The van der Waals surface area contributed by atoms with Crippen molar-refractivity contribution >= 4 is 16.1 Å². The lowest BCUT2D eigenvalue weighted by molar-refractivity contribution is 0.112. The third-order valence-corrected chi connectivity index (χ3v) is 4.69. The van der Waals surface area contributed by atoms with Crippen LogP contribution in [0.3, 0.4) is 0 Å². The summed E-state index contributed by atoms with van der Waals surface area (Å²) in [5, 5.41) is 9.58. The molecule has 0 aliphatic rings. The van der Waals surface area contributed by atoms with Crippen LogP contribution in [-0.2, 0) is 15.6 Å². The highest BCUT2D eigenvalue weighted by Gasteiger charge is 2.17. The van der Waals surface area contributed by atoms with Crippen molar-refractivity contribution in [3.05, 3.63) is 53.6 Å². The number of ether oxygens (including phenoxy) is 1. The highest BCUT2D eigenvalue weighted by atomic mass is 32.2. The van der Waals surface area contributed by atoms with Gasteiger partial charge in [0.05, 0.1) is 23.3 Å². The Morgan fingerprint density at radius 2 is 1.81 bits per heavy atom. The number of benzene rings is 2. The molecule has 0 spiro atoms. The molecule has 0 atom stereocenters. The lowest BCUT2D eigenvalue weighted by Crippen LogP contribution is -2.05. The normalized spacial score (nSPS) is 11.1. The van der Waals surface area contributed by atoms with Crippen LogP contribution in [-0.4, -0.2) is 26.9 Å². The first-order valence-corrected chi connectivity index (χ1v) is 7.75. The van der Waals surface area contributed by atoms with E-state index < -0.39 is 9.84 Å². The Labute approximate surface area is 122 Å². The number of phenols is 1. The van der Waals surface area contributed by atoms with Crippen molar-refractivity contribution in [3.8, 4) is 11.5 Å². The maximum Gasteiger partial charge on any atom is 0.182 e. The quantitative estimate of drug-likeness (QED) is 0.856. The number of sulfone groups is 1. The number of phenolic OH excluding ortho intramolecular Hbond substituents is 1. The molecular weight excluding hydrogens is 292 g/mol. The van der Waals surface area contributed by atoms with Crippen molar-refractivity contribution in [1.29, 1.82) is 0 Å². The van der Waals surface area contributed by atoms with E-state index in [4.69, 9.17) is 4.74 Å². The van der Waals surface area contributed by atoms with Crippen LogP contribution in [0.2, 0.25) is 0 Å². The van der Waals surface area contributed by atoms with E-state index in [1.165, 1.54) is 19.2 Å². The van der Waals surface area contributed by atoms with E-state index in [2.05, 4.69) is 0 Å². The molecule has 0 saturated heterocycles. The molecule has 0 amide bonds. The molecule has 0 aromatic heterocycles. The minimum absolute atomic E-state index is 0.0265. The fraction of sp³-hybridized carbons (Fsp3) is 0.133. The van der Waals surface area contributed by atoms with E-state index in [1.807, 2.05) is 0 Å². The molecule has 6 heteroatoms. The molecule has 0 fully saturated rings. The molecule has 0 unspecified atom stereocenters. The Morgan fingerprint density at radius 3 is 2.33 bits per heavy atom. The topological polar surface area (TPSA) is 80.7 Å². The predicted octanol–water partition coefficient (Wildman–Crippen LogP) is 2.19. The number of rotatable bonds is 5. The van der Waals surface area contributed by atoms with Gasteiger partial charge in [0.25, 0.3) is 0 Å². The van der Waals surface area contributed by atoms with Gasteiger partial charge in [-0.25, -0.2) is 8.42 Å². The first kappa shape index (κ1) is 15.1. The van der Waals surface area contributed by atoms with Gasteiger partial charge in [-0.1, -0.05) is 12.1 Å². The zero-order valence-corrected chi connectivity index (χ0v) is 12.1. The second kappa shape index (κ2) is 5.97. The molecule has 0 heterocycles. The van der Waals surface area contributed by atoms with E-state index in [-0.39, 0.29) is 22.0 Å². The summed E-state index contributed by atoms with van der Waals surface area (Å²) >= 11 is 0. The Bertz CT molecular complexity index is 748. The number of hydrogen-bond donors (Lipinski definition) is 1. The van der Waals surface area contributed by atoms with Crippen molar-refractivity contribution in [1.82, 2.24) is 0 Å². The molecular formula is C15H14O5S. The Hall–Kier alpha value is -2.34. The Kier molecular flexibility index (Phi) is 4.28. The van der Waals surface area contributed by atoms with Crippen molar-refractivity contribution in [3.63, 3.8) is 0 Å². The maximum absolute atomic E-state index is 12.3. The van der Waals surface area contributed by atoms with Gasteiger partial charge < -0.3 is 9.84 Å². The van der Waals surface area contributed by atoms with Crippen LogP contribution in [0.1, 0.15) is 15.9 Å². The number of aromatic hydroxyl groups is 1. The molecule has 110 valence electrons. The lowest BCUT2D eigenvalue weighted by atomic mass is 10.2. The van der Waals surface area contributed by atoms with Crippen LogP contribution in [0.5, 0.6) is 11.5 Å². The van der Waals surface area contributed by atoms with Crippen molar-refractivity contribution in [2.75, 3.05) is 7.11 Å². The largest absolute Gasteiger partial charge is 0.507 e. The van der Waals surface area contributed by atoms with Gasteiger partial charge in [-0.2, -0.15) is 0 Å². The molecule has 2 aromatic rings. The summed E-state index contributed by atoms with van der Waals surface area (Å²) in [6.45, 7) is 0. The molecule has 1 N–H and O–H groups in total. The molecule has 0 saturated carbocycles. The summed E-state index contributed by atoms with van der Waals surface area (Å²) in [5.41, 5.74) is 0.660. The first-order valence-electron chi connectivity index (χ1n) is 6.10. The van der Waals surface area contributed by atoms with Gasteiger partial charge in [0, 0.05) is 0 Å². The summed E-state index contributed by atoms with van der Waals surface area (Å²) in [5.74, 6) is 0.0987. The highest BCUT2D eigenvalue weighted by molar-refractivity contribution is 7.90. The van der Waals surface area contributed by atoms with Crippen LogP contribution < -0.4 is 4.74 Å². The minimum Gasteiger partial charge on any atom is -0.507 e. The molecule has 5 nitrogen and oxygen atoms in total. The van der Waals surface area contributed by atoms with E-state index >= 15 is 0 Å². The lowest BCUT2D eigenvalue weighted by Gasteiger charge is -2.07. The Balaban J connectivity index is 2.28. The Morgan fingerprint density at radius 1 is 1.14 bits per heavy atom. The average molecular weight is 306 g/mol. The zero-order chi connectivity index (χ0) is 15.5. The molecule has 0 radical (unpaired) electrons. The van der Waals surface area contributed by atoms with Gasteiger partial charge in [0.2, 0.25) is 0 Å². The fourth-order valence-corrected chi connectivity index (χ4v) is 3.21. The summed E-state index contributed by atoms with van der Waals surface area (Å²) in [7, 11) is -2.07. The summed E-state index contributed by atoms with van der Waals surface area (Å²) in [6.07, 6.45) is 0.467.